The normalized spacial score (nSPS) is 11.0. The Morgan fingerprint density at radius 2 is 1.67 bits per heavy atom. The Labute approximate surface area is 194 Å². The first-order valence-electron chi connectivity index (χ1n) is 10.4. The maximum atomic E-state index is 13.0. The molecule has 0 radical (unpaired) electrons. The van der Waals surface area contributed by atoms with E-state index >= 15 is 0 Å². The molecule has 0 saturated carbocycles. The number of benzene rings is 3. The quantitative estimate of drug-likeness (QED) is 0.503. The summed E-state index contributed by atoms with van der Waals surface area (Å²) in [5.74, 6) is -1.28. The second kappa shape index (κ2) is 10.3. The summed E-state index contributed by atoms with van der Waals surface area (Å²) in [5, 5.41) is 2.68. The average Bonchev–Trinajstić information content (AvgIpc) is 2.82. The predicted molar refractivity (Wildman–Crippen MR) is 128 cm³/mol. The monoisotopic (exact) mass is 466 g/mol. The summed E-state index contributed by atoms with van der Waals surface area (Å²) >= 11 is 0. The zero-order valence-electron chi connectivity index (χ0n) is 18.7. The molecule has 3 aromatic carbocycles. The summed E-state index contributed by atoms with van der Waals surface area (Å²) in [5.41, 5.74) is 3.23. The van der Waals surface area contributed by atoms with Gasteiger partial charge in [-0.15, -0.1) is 0 Å². The van der Waals surface area contributed by atoms with E-state index in [0.29, 0.717) is 11.4 Å². The number of hydrogen-bond acceptors (Lipinski definition) is 5. The molecule has 8 heteroatoms. The molecule has 0 atom stereocenters. The Kier molecular flexibility index (Phi) is 7.50. The van der Waals surface area contributed by atoms with Gasteiger partial charge < -0.3 is 10.1 Å². The fraction of sp³-hybridized carbons (Fsp3) is 0.200. The number of ether oxygens (including phenoxy) is 1. The molecule has 0 bridgehead atoms. The number of nitrogens with zero attached hydrogens (tertiary/aromatic N) is 1. The Hall–Kier alpha value is -3.65. The van der Waals surface area contributed by atoms with Crippen molar-refractivity contribution in [2.24, 2.45) is 0 Å². The molecule has 0 aliphatic carbocycles. The van der Waals surface area contributed by atoms with E-state index in [1.807, 2.05) is 44.2 Å². The molecule has 0 aromatic heterocycles. The zero-order valence-corrected chi connectivity index (χ0v) is 19.6. The number of hydrogen-bond donors (Lipinski definition) is 1. The highest BCUT2D eigenvalue weighted by atomic mass is 32.2. The van der Waals surface area contributed by atoms with Crippen LogP contribution in [0.3, 0.4) is 0 Å². The van der Waals surface area contributed by atoms with Crippen molar-refractivity contribution in [2.45, 2.75) is 25.2 Å². The number of sulfonamides is 1. The summed E-state index contributed by atoms with van der Waals surface area (Å²) in [4.78, 5) is 24.5. The molecular formula is C25H26N2O5S. The Morgan fingerprint density at radius 3 is 2.36 bits per heavy atom. The molecule has 0 aliphatic rings. The lowest BCUT2D eigenvalue weighted by Crippen LogP contribution is -2.27. The number of aryl methyl sites for hydroxylation is 2. The van der Waals surface area contributed by atoms with Crippen LogP contribution < -0.4 is 9.62 Å². The van der Waals surface area contributed by atoms with E-state index in [1.165, 1.54) is 31.3 Å². The number of amides is 1. The summed E-state index contributed by atoms with van der Waals surface area (Å²) in [6, 6.07) is 20.0. The van der Waals surface area contributed by atoms with Crippen molar-refractivity contribution in [1.29, 1.82) is 0 Å². The van der Waals surface area contributed by atoms with Gasteiger partial charge in [0.1, 0.15) is 0 Å². The lowest BCUT2D eigenvalue weighted by atomic mass is 10.1. The number of rotatable bonds is 8. The number of carbonyl (C=O) groups is 2. The van der Waals surface area contributed by atoms with Gasteiger partial charge in [0.2, 0.25) is 0 Å². The summed E-state index contributed by atoms with van der Waals surface area (Å²) < 4.78 is 32.3. The Balaban J connectivity index is 1.67. The van der Waals surface area contributed by atoms with Crippen LogP contribution in [-0.4, -0.2) is 33.9 Å². The largest absolute Gasteiger partial charge is 0.452 e. The lowest BCUT2D eigenvalue weighted by Gasteiger charge is -2.20. The number of esters is 1. The van der Waals surface area contributed by atoms with Crippen molar-refractivity contribution >= 4 is 33.3 Å². The van der Waals surface area contributed by atoms with Crippen LogP contribution in [0.5, 0.6) is 0 Å². The van der Waals surface area contributed by atoms with Gasteiger partial charge in [-0.05, 0) is 61.4 Å². The highest BCUT2D eigenvalue weighted by molar-refractivity contribution is 7.92. The lowest BCUT2D eigenvalue weighted by molar-refractivity contribution is -0.119. The molecule has 0 aliphatic heterocycles. The molecule has 0 spiro atoms. The van der Waals surface area contributed by atoms with Crippen LogP contribution in [0.15, 0.2) is 77.7 Å². The van der Waals surface area contributed by atoms with Crippen LogP contribution >= 0.6 is 0 Å². The van der Waals surface area contributed by atoms with Gasteiger partial charge in [0.05, 0.1) is 16.1 Å². The maximum Gasteiger partial charge on any atom is 0.338 e. The van der Waals surface area contributed by atoms with Crippen molar-refractivity contribution in [3.05, 3.63) is 89.5 Å². The first-order chi connectivity index (χ1) is 15.7. The van der Waals surface area contributed by atoms with E-state index in [0.717, 1.165) is 21.9 Å². The first kappa shape index (κ1) is 24.0. The van der Waals surface area contributed by atoms with Gasteiger partial charge in [0.25, 0.3) is 15.9 Å². The van der Waals surface area contributed by atoms with E-state index in [1.54, 1.807) is 18.2 Å². The third-order valence-corrected chi connectivity index (χ3v) is 6.86. The van der Waals surface area contributed by atoms with Gasteiger partial charge in [-0.3, -0.25) is 9.10 Å². The van der Waals surface area contributed by atoms with Crippen LogP contribution in [-0.2, 0) is 26.0 Å². The van der Waals surface area contributed by atoms with E-state index in [2.05, 4.69) is 5.32 Å². The maximum absolute atomic E-state index is 13.0. The van der Waals surface area contributed by atoms with Gasteiger partial charge in [-0.25, -0.2) is 13.2 Å². The molecular weight excluding hydrogens is 440 g/mol. The molecule has 7 nitrogen and oxygen atoms in total. The van der Waals surface area contributed by atoms with Gasteiger partial charge in [0, 0.05) is 12.7 Å². The van der Waals surface area contributed by atoms with E-state index < -0.39 is 28.5 Å². The van der Waals surface area contributed by atoms with Crippen LogP contribution in [0.4, 0.5) is 11.4 Å². The molecule has 0 fully saturated rings. The molecule has 172 valence electrons. The standard InChI is InChI=1S/C25H26N2O5S/c1-4-19-7-5-9-21(15-19)26-24(28)17-32-25(29)20-8-6-10-23(16-20)33(30,31)27(3)22-13-11-18(2)12-14-22/h5-16H,4,17H2,1-3H3,(H,26,28). The topological polar surface area (TPSA) is 92.8 Å². The van der Waals surface area contributed by atoms with Crippen LogP contribution in [0.1, 0.15) is 28.4 Å². The zero-order chi connectivity index (χ0) is 24.0. The molecule has 3 rings (SSSR count). The minimum absolute atomic E-state index is 0.0363. The van der Waals surface area contributed by atoms with E-state index in [-0.39, 0.29) is 10.5 Å². The van der Waals surface area contributed by atoms with E-state index in [4.69, 9.17) is 4.74 Å². The van der Waals surface area contributed by atoms with Crippen LogP contribution in [0.2, 0.25) is 0 Å². The Bertz CT molecular complexity index is 1250. The predicted octanol–water partition coefficient (Wildman–Crippen LogP) is 4.18. The summed E-state index contributed by atoms with van der Waals surface area (Å²) in [6.07, 6.45) is 0.830. The minimum Gasteiger partial charge on any atom is -0.452 e. The van der Waals surface area contributed by atoms with Crippen molar-refractivity contribution in [2.75, 3.05) is 23.3 Å². The molecule has 1 N–H and O–H groups in total. The van der Waals surface area contributed by atoms with Crippen molar-refractivity contribution in [3.8, 4) is 0 Å². The number of carbonyl (C=O) groups excluding carboxylic acids is 2. The average molecular weight is 467 g/mol. The first-order valence-corrected chi connectivity index (χ1v) is 11.9. The van der Waals surface area contributed by atoms with Gasteiger partial charge in [-0.1, -0.05) is 42.8 Å². The SMILES string of the molecule is CCc1cccc(NC(=O)COC(=O)c2cccc(S(=O)(=O)N(C)c3ccc(C)cc3)c2)c1. The fourth-order valence-corrected chi connectivity index (χ4v) is 4.36. The second-order valence-electron chi connectivity index (χ2n) is 7.51. The number of anilines is 2. The van der Waals surface area contributed by atoms with Gasteiger partial charge in [-0.2, -0.15) is 0 Å². The van der Waals surface area contributed by atoms with E-state index in [9.17, 15) is 18.0 Å². The molecule has 1 amide bonds. The molecule has 0 heterocycles. The smallest absolute Gasteiger partial charge is 0.338 e. The molecule has 33 heavy (non-hydrogen) atoms. The number of nitrogens with one attached hydrogen (secondary N) is 1. The second-order valence-corrected chi connectivity index (χ2v) is 9.48. The van der Waals surface area contributed by atoms with Crippen LogP contribution in [0, 0.1) is 6.92 Å². The summed E-state index contributed by atoms with van der Waals surface area (Å²) in [7, 11) is -2.45. The third-order valence-electron chi connectivity index (χ3n) is 5.08. The van der Waals surface area contributed by atoms with Crippen molar-refractivity contribution in [3.63, 3.8) is 0 Å². The third kappa shape index (κ3) is 5.98. The van der Waals surface area contributed by atoms with Gasteiger partial charge in [0.15, 0.2) is 6.61 Å². The van der Waals surface area contributed by atoms with Crippen molar-refractivity contribution < 1.29 is 22.7 Å². The highest BCUT2D eigenvalue weighted by Crippen LogP contribution is 2.23. The fourth-order valence-electron chi connectivity index (χ4n) is 3.12. The molecule has 0 unspecified atom stereocenters. The molecule has 0 saturated heterocycles. The summed E-state index contributed by atoms with van der Waals surface area (Å²) in [6.45, 7) is 3.43. The van der Waals surface area contributed by atoms with Crippen LogP contribution in [0.25, 0.3) is 0 Å². The Morgan fingerprint density at radius 1 is 0.970 bits per heavy atom. The van der Waals surface area contributed by atoms with Gasteiger partial charge >= 0.3 is 5.97 Å². The minimum atomic E-state index is -3.89. The van der Waals surface area contributed by atoms with Crippen molar-refractivity contribution in [1.82, 2.24) is 0 Å². The molecule has 3 aromatic rings. The highest BCUT2D eigenvalue weighted by Gasteiger charge is 2.23.